The average molecular weight is 379 g/mol. The van der Waals surface area contributed by atoms with E-state index in [1.165, 1.54) is 43.9 Å². The maximum Gasteiger partial charge on any atom is 0.234 e. The Hall–Kier alpha value is -1.53. The summed E-state index contributed by atoms with van der Waals surface area (Å²) < 4.78 is 2.16. The normalized spacial score (nSPS) is 15.3. The molecular formula is C18H23ClN4OS. The molecule has 0 saturated heterocycles. The third-order valence-electron chi connectivity index (χ3n) is 4.51. The summed E-state index contributed by atoms with van der Waals surface area (Å²) in [6, 6.07) is 7.23. The lowest BCUT2D eigenvalue weighted by atomic mass is 9.89. The van der Waals surface area contributed by atoms with Crippen LogP contribution in [-0.4, -0.2) is 26.4 Å². The predicted octanol–water partition coefficient (Wildman–Crippen LogP) is 4.73. The number of para-hydroxylation sites is 1. The number of amides is 1. The van der Waals surface area contributed by atoms with Gasteiger partial charge in [0.25, 0.3) is 0 Å². The van der Waals surface area contributed by atoms with Gasteiger partial charge in [-0.25, -0.2) is 0 Å². The largest absolute Gasteiger partial charge is 0.324 e. The molecule has 2 aromatic rings. The van der Waals surface area contributed by atoms with Gasteiger partial charge in [0.15, 0.2) is 5.16 Å². The van der Waals surface area contributed by atoms with Crippen molar-refractivity contribution in [2.24, 2.45) is 0 Å². The van der Waals surface area contributed by atoms with Crippen LogP contribution in [0.4, 0.5) is 5.69 Å². The quantitative estimate of drug-likeness (QED) is 0.738. The fourth-order valence-electron chi connectivity index (χ4n) is 3.25. The highest BCUT2D eigenvalue weighted by Crippen LogP contribution is 2.33. The molecule has 0 bridgehead atoms. The van der Waals surface area contributed by atoms with Crippen LogP contribution in [0.5, 0.6) is 0 Å². The van der Waals surface area contributed by atoms with E-state index in [0.29, 0.717) is 16.6 Å². The molecule has 1 saturated carbocycles. The van der Waals surface area contributed by atoms with Gasteiger partial charge in [-0.1, -0.05) is 54.8 Å². The van der Waals surface area contributed by atoms with Gasteiger partial charge in [-0.05, 0) is 31.9 Å². The number of carbonyl (C=O) groups excluding carboxylic acids is 1. The first-order valence-corrected chi connectivity index (χ1v) is 10.2. The van der Waals surface area contributed by atoms with E-state index in [2.05, 4.69) is 27.0 Å². The fraction of sp³-hybridized carbons (Fsp3) is 0.500. The molecule has 0 aliphatic heterocycles. The molecule has 0 radical (unpaired) electrons. The molecule has 1 aliphatic carbocycles. The Morgan fingerprint density at radius 3 is 2.76 bits per heavy atom. The lowest BCUT2D eigenvalue weighted by molar-refractivity contribution is -0.113. The van der Waals surface area contributed by atoms with Crippen molar-refractivity contribution >= 4 is 35.0 Å². The molecule has 25 heavy (non-hydrogen) atoms. The molecule has 1 fully saturated rings. The number of anilines is 1. The highest BCUT2D eigenvalue weighted by molar-refractivity contribution is 7.99. The fourth-order valence-corrected chi connectivity index (χ4v) is 4.24. The lowest BCUT2D eigenvalue weighted by Gasteiger charge is -2.21. The lowest BCUT2D eigenvalue weighted by Crippen LogP contribution is -2.15. The van der Waals surface area contributed by atoms with Gasteiger partial charge in [0, 0.05) is 12.5 Å². The van der Waals surface area contributed by atoms with Crippen LogP contribution in [-0.2, 0) is 11.3 Å². The summed E-state index contributed by atoms with van der Waals surface area (Å²) >= 11 is 7.50. The number of rotatable bonds is 6. The van der Waals surface area contributed by atoms with E-state index in [1.807, 2.05) is 12.1 Å². The second kappa shape index (κ2) is 8.72. The first-order valence-electron chi connectivity index (χ1n) is 8.79. The zero-order chi connectivity index (χ0) is 17.6. The second-order valence-electron chi connectivity index (χ2n) is 6.24. The molecule has 1 N–H and O–H groups in total. The van der Waals surface area contributed by atoms with Crippen LogP contribution in [0.3, 0.4) is 0 Å². The standard InChI is InChI=1S/C18H23ClN4OS/c1-2-23-17(13-8-4-3-5-9-13)21-22-18(23)25-12-16(24)20-15-11-7-6-10-14(15)19/h6-7,10-11,13H,2-5,8-9,12H2,1H3,(H,20,24). The Morgan fingerprint density at radius 1 is 1.28 bits per heavy atom. The van der Waals surface area contributed by atoms with Crippen LogP contribution in [0, 0.1) is 0 Å². The summed E-state index contributed by atoms with van der Waals surface area (Å²) in [5, 5.41) is 12.9. The minimum absolute atomic E-state index is 0.0945. The summed E-state index contributed by atoms with van der Waals surface area (Å²) in [5.74, 6) is 1.78. The number of halogens is 1. The van der Waals surface area contributed by atoms with E-state index in [9.17, 15) is 4.79 Å². The molecule has 1 heterocycles. The van der Waals surface area contributed by atoms with Gasteiger partial charge in [-0.3, -0.25) is 4.79 Å². The third-order valence-corrected chi connectivity index (χ3v) is 5.81. The Labute approximate surface area is 157 Å². The van der Waals surface area contributed by atoms with Crippen LogP contribution in [0.2, 0.25) is 5.02 Å². The van der Waals surface area contributed by atoms with Crippen LogP contribution in [0.25, 0.3) is 0 Å². The van der Waals surface area contributed by atoms with Gasteiger partial charge in [0.2, 0.25) is 5.91 Å². The van der Waals surface area contributed by atoms with Gasteiger partial charge in [-0.2, -0.15) is 0 Å². The van der Waals surface area contributed by atoms with Crippen LogP contribution in [0.15, 0.2) is 29.4 Å². The topological polar surface area (TPSA) is 59.8 Å². The number of thioether (sulfide) groups is 1. The monoisotopic (exact) mass is 378 g/mol. The van der Waals surface area contributed by atoms with Crippen molar-refractivity contribution in [1.82, 2.24) is 14.8 Å². The molecule has 3 rings (SSSR count). The number of benzene rings is 1. The average Bonchev–Trinajstić information content (AvgIpc) is 3.05. The van der Waals surface area contributed by atoms with E-state index >= 15 is 0 Å². The minimum atomic E-state index is -0.0945. The van der Waals surface area contributed by atoms with E-state index < -0.39 is 0 Å². The summed E-state index contributed by atoms with van der Waals surface area (Å²) in [7, 11) is 0. The zero-order valence-corrected chi connectivity index (χ0v) is 15.9. The maximum atomic E-state index is 12.2. The smallest absolute Gasteiger partial charge is 0.234 e. The number of aromatic nitrogens is 3. The Bertz CT molecular complexity index is 728. The zero-order valence-electron chi connectivity index (χ0n) is 14.4. The highest BCUT2D eigenvalue weighted by atomic mass is 35.5. The van der Waals surface area contributed by atoms with Crippen molar-refractivity contribution in [2.45, 2.75) is 56.6 Å². The van der Waals surface area contributed by atoms with Gasteiger partial charge in [0.1, 0.15) is 5.82 Å². The van der Waals surface area contributed by atoms with E-state index in [0.717, 1.165) is 17.5 Å². The molecule has 5 nitrogen and oxygen atoms in total. The predicted molar refractivity (Wildman–Crippen MR) is 102 cm³/mol. The van der Waals surface area contributed by atoms with E-state index in [-0.39, 0.29) is 11.7 Å². The van der Waals surface area contributed by atoms with Gasteiger partial charge in [0.05, 0.1) is 16.5 Å². The number of hydrogen-bond acceptors (Lipinski definition) is 4. The van der Waals surface area contributed by atoms with Crippen LogP contribution in [0.1, 0.15) is 50.8 Å². The second-order valence-corrected chi connectivity index (χ2v) is 7.59. The Kier molecular flexibility index (Phi) is 6.37. The molecule has 7 heteroatoms. The number of carbonyl (C=O) groups is 1. The van der Waals surface area contributed by atoms with Crippen molar-refractivity contribution in [2.75, 3.05) is 11.1 Å². The summed E-state index contributed by atoms with van der Waals surface area (Å²) in [5.41, 5.74) is 0.634. The summed E-state index contributed by atoms with van der Waals surface area (Å²) in [6.45, 7) is 2.93. The first-order chi connectivity index (χ1) is 12.2. The first kappa shape index (κ1) is 18.3. The molecule has 1 amide bonds. The van der Waals surface area contributed by atoms with E-state index in [1.54, 1.807) is 12.1 Å². The van der Waals surface area contributed by atoms with Crippen molar-refractivity contribution in [1.29, 1.82) is 0 Å². The number of hydrogen-bond donors (Lipinski definition) is 1. The minimum Gasteiger partial charge on any atom is -0.324 e. The highest BCUT2D eigenvalue weighted by Gasteiger charge is 2.23. The molecular weight excluding hydrogens is 356 g/mol. The molecule has 1 aliphatic rings. The molecule has 134 valence electrons. The summed E-state index contributed by atoms with van der Waals surface area (Å²) in [6.07, 6.45) is 6.24. The molecule has 0 unspecified atom stereocenters. The SMILES string of the molecule is CCn1c(SCC(=O)Nc2ccccc2Cl)nnc1C1CCCCC1. The third kappa shape index (κ3) is 4.55. The Balaban J connectivity index is 1.62. The summed E-state index contributed by atoms with van der Waals surface area (Å²) in [4.78, 5) is 12.2. The maximum absolute atomic E-state index is 12.2. The van der Waals surface area contributed by atoms with Crippen LogP contribution < -0.4 is 5.32 Å². The van der Waals surface area contributed by atoms with Crippen molar-refractivity contribution in [3.05, 3.63) is 35.1 Å². The Morgan fingerprint density at radius 2 is 2.04 bits per heavy atom. The molecule has 0 atom stereocenters. The molecule has 0 spiro atoms. The van der Waals surface area contributed by atoms with Crippen molar-refractivity contribution < 1.29 is 4.79 Å². The number of nitrogens with zero attached hydrogens (tertiary/aromatic N) is 3. The van der Waals surface area contributed by atoms with Crippen LogP contribution >= 0.6 is 23.4 Å². The van der Waals surface area contributed by atoms with Crippen molar-refractivity contribution in [3.63, 3.8) is 0 Å². The van der Waals surface area contributed by atoms with Crippen molar-refractivity contribution in [3.8, 4) is 0 Å². The van der Waals surface area contributed by atoms with Gasteiger partial charge in [-0.15, -0.1) is 10.2 Å². The van der Waals surface area contributed by atoms with Gasteiger partial charge < -0.3 is 9.88 Å². The molecule has 1 aromatic heterocycles. The van der Waals surface area contributed by atoms with Gasteiger partial charge >= 0.3 is 0 Å². The van der Waals surface area contributed by atoms with E-state index in [4.69, 9.17) is 11.6 Å². The molecule has 1 aromatic carbocycles. The number of nitrogens with one attached hydrogen (secondary N) is 1.